The van der Waals surface area contributed by atoms with Crippen molar-refractivity contribution in [3.8, 4) is 5.75 Å². The van der Waals surface area contributed by atoms with E-state index in [1.165, 1.54) is 17.7 Å². The van der Waals surface area contributed by atoms with E-state index < -0.39 is 0 Å². The Hall–Kier alpha value is -1.26. The quantitative estimate of drug-likeness (QED) is 0.783. The third kappa shape index (κ3) is 5.21. The molecule has 0 bridgehead atoms. The molecule has 0 aliphatic carbocycles. The van der Waals surface area contributed by atoms with Gasteiger partial charge < -0.3 is 19.7 Å². The largest absolute Gasteiger partial charge is 0.493 e. The Labute approximate surface area is 128 Å². The Morgan fingerprint density at radius 2 is 2.00 bits per heavy atom. The summed E-state index contributed by atoms with van der Waals surface area (Å²) in [6.45, 7) is 8.10. The van der Waals surface area contributed by atoms with Crippen LogP contribution in [0, 0.1) is 6.92 Å². The van der Waals surface area contributed by atoms with Gasteiger partial charge in [0.25, 0.3) is 0 Å². The fourth-order valence-corrected chi connectivity index (χ4v) is 2.63. The normalized spacial score (nSPS) is 15.8. The lowest BCUT2D eigenvalue weighted by atomic mass is 10.2. The highest BCUT2D eigenvalue weighted by molar-refractivity contribution is 5.53. The van der Waals surface area contributed by atoms with Gasteiger partial charge in [0.05, 0.1) is 6.61 Å². The Balaban J connectivity index is 1.87. The maximum absolute atomic E-state index is 5.86. The highest BCUT2D eigenvalue weighted by Gasteiger charge is 2.10. The molecule has 4 nitrogen and oxygen atoms in total. The number of hydrogen-bond acceptors (Lipinski definition) is 4. The SMILES string of the molecule is COCCCCOc1ccc(N2CCCNCC2)cc1C. The Morgan fingerprint density at radius 1 is 1.14 bits per heavy atom. The number of aryl methyl sites for hydroxylation is 1. The Bertz CT molecular complexity index is 415. The monoisotopic (exact) mass is 292 g/mol. The predicted molar refractivity (Wildman–Crippen MR) is 87.5 cm³/mol. The number of anilines is 1. The molecule has 0 amide bonds. The number of ether oxygens (including phenoxy) is 2. The van der Waals surface area contributed by atoms with Gasteiger partial charge in [-0.05, 0) is 56.5 Å². The first-order valence-electron chi connectivity index (χ1n) is 7.99. The summed E-state index contributed by atoms with van der Waals surface area (Å²) in [4.78, 5) is 2.45. The van der Waals surface area contributed by atoms with Gasteiger partial charge in [-0.25, -0.2) is 0 Å². The van der Waals surface area contributed by atoms with Crippen molar-refractivity contribution in [3.63, 3.8) is 0 Å². The lowest BCUT2D eigenvalue weighted by Gasteiger charge is -2.23. The first-order valence-corrected chi connectivity index (χ1v) is 7.99. The molecule has 1 aliphatic rings. The van der Waals surface area contributed by atoms with E-state index in [1.807, 2.05) is 0 Å². The molecule has 1 N–H and O–H groups in total. The Kier molecular flexibility index (Phi) is 6.83. The van der Waals surface area contributed by atoms with Crippen molar-refractivity contribution in [2.24, 2.45) is 0 Å². The third-order valence-corrected chi connectivity index (χ3v) is 3.86. The summed E-state index contributed by atoms with van der Waals surface area (Å²) in [6.07, 6.45) is 3.29. The van der Waals surface area contributed by atoms with Crippen LogP contribution >= 0.6 is 0 Å². The lowest BCUT2D eigenvalue weighted by Crippen LogP contribution is -2.27. The molecule has 4 heteroatoms. The molecule has 0 radical (unpaired) electrons. The van der Waals surface area contributed by atoms with Gasteiger partial charge in [0.1, 0.15) is 5.75 Å². The van der Waals surface area contributed by atoms with E-state index in [9.17, 15) is 0 Å². The van der Waals surface area contributed by atoms with Gasteiger partial charge in [0, 0.05) is 39.0 Å². The van der Waals surface area contributed by atoms with Crippen molar-refractivity contribution in [1.82, 2.24) is 5.32 Å². The zero-order valence-electron chi connectivity index (χ0n) is 13.4. The number of nitrogens with one attached hydrogen (secondary N) is 1. The van der Waals surface area contributed by atoms with Gasteiger partial charge in [0.2, 0.25) is 0 Å². The molecule has 1 aromatic rings. The number of nitrogens with zero attached hydrogens (tertiary/aromatic N) is 1. The van der Waals surface area contributed by atoms with Crippen LogP contribution in [-0.4, -0.2) is 46.5 Å². The van der Waals surface area contributed by atoms with E-state index in [1.54, 1.807) is 7.11 Å². The molecule has 118 valence electrons. The minimum absolute atomic E-state index is 0.761. The number of rotatable bonds is 7. The zero-order chi connectivity index (χ0) is 14.9. The average Bonchev–Trinajstić information content (AvgIpc) is 2.77. The summed E-state index contributed by atoms with van der Waals surface area (Å²) >= 11 is 0. The van der Waals surface area contributed by atoms with Gasteiger partial charge in [-0.3, -0.25) is 0 Å². The minimum Gasteiger partial charge on any atom is -0.493 e. The Morgan fingerprint density at radius 3 is 2.81 bits per heavy atom. The molecule has 1 heterocycles. The van der Waals surface area contributed by atoms with E-state index >= 15 is 0 Å². The first kappa shape index (κ1) is 16.1. The van der Waals surface area contributed by atoms with E-state index in [4.69, 9.17) is 9.47 Å². The molecule has 1 aliphatic heterocycles. The minimum atomic E-state index is 0.761. The second-order valence-electron chi connectivity index (χ2n) is 5.59. The second kappa shape index (κ2) is 8.90. The lowest BCUT2D eigenvalue weighted by molar-refractivity contribution is 0.184. The molecule has 0 saturated carbocycles. The molecule has 1 fully saturated rings. The highest BCUT2D eigenvalue weighted by Crippen LogP contribution is 2.25. The summed E-state index contributed by atoms with van der Waals surface area (Å²) in [5.41, 5.74) is 2.53. The standard InChI is InChI=1S/C17H28N2O2/c1-15-14-16(19-10-5-8-18-9-11-19)6-7-17(15)21-13-4-3-12-20-2/h6-7,14,18H,3-5,8-13H2,1-2H3. The zero-order valence-corrected chi connectivity index (χ0v) is 13.4. The number of methoxy groups -OCH3 is 1. The van der Waals surface area contributed by atoms with Crippen LogP contribution in [0.3, 0.4) is 0 Å². The average molecular weight is 292 g/mol. The molecule has 0 unspecified atom stereocenters. The van der Waals surface area contributed by atoms with E-state index in [0.29, 0.717) is 0 Å². The molecule has 0 aromatic heterocycles. The van der Waals surface area contributed by atoms with Gasteiger partial charge in [-0.15, -0.1) is 0 Å². The van der Waals surface area contributed by atoms with Crippen molar-refractivity contribution < 1.29 is 9.47 Å². The van der Waals surface area contributed by atoms with Crippen molar-refractivity contribution in [2.45, 2.75) is 26.2 Å². The summed E-state index contributed by atoms with van der Waals surface area (Å²) in [5, 5.41) is 3.44. The fraction of sp³-hybridized carbons (Fsp3) is 0.647. The molecule has 2 rings (SSSR count). The molecule has 21 heavy (non-hydrogen) atoms. The predicted octanol–water partition coefficient (Wildman–Crippen LogP) is 2.60. The van der Waals surface area contributed by atoms with Crippen molar-refractivity contribution >= 4 is 5.69 Å². The smallest absolute Gasteiger partial charge is 0.122 e. The van der Waals surface area contributed by atoms with Crippen LogP contribution in [0.1, 0.15) is 24.8 Å². The van der Waals surface area contributed by atoms with E-state index in [2.05, 4.69) is 35.3 Å². The van der Waals surface area contributed by atoms with Gasteiger partial charge >= 0.3 is 0 Å². The van der Waals surface area contributed by atoms with Gasteiger partial charge in [-0.2, -0.15) is 0 Å². The summed E-state index contributed by atoms with van der Waals surface area (Å²) in [7, 11) is 1.74. The van der Waals surface area contributed by atoms with Gasteiger partial charge in [0.15, 0.2) is 0 Å². The van der Waals surface area contributed by atoms with Crippen LogP contribution in [0.2, 0.25) is 0 Å². The van der Waals surface area contributed by atoms with Crippen LogP contribution in [0.5, 0.6) is 5.75 Å². The maximum Gasteiger partial charge on any atom is 0.122 e. The second-order valence-corrected chi connectivity index (χ2v) is 5.59. The molecule has 0 spiro atoms. The topological polar surface area (TPSA) is 33.7 Å². The van der Waals surface area contributed by atoms with Crippen molar-refractivity contribution in [2.75, 3.05) is 51.4 Å². The first-order chi connectivity index (χ1) is 10.3. The fourth-order valence-electron chi connectivity index (χ4n) is 2.63. The molecule has 1 aromatic carbocycles. The summed E-state index contributed by atoms with van der Waals surface area (Å²) < 4.78 is 10.9. The highest BCUT2D eigenvalue weighted by atomic mass is 16.5. The molecule has 0 atom stereocenters. The number of unbranched alkanes of at least 4 members (excludes halogenated alkanes) is 1. The summed E-state index contributed by atoms with van der Waals surface area (Å²) in [6, 6.07) is 6.54. The summed E-state index contributed by atoms with van der Waals surface area (Å²) in [5.74, 6) is 1.00. The van der Waals surface area contributed by atoms with Crippen molar-refractivity contribution in [1.29, 1.82) is 0 Å². The molecular formula is C17H28N2O2. The van der Waals surface area contributed by atoms with E-state index in [0.717, 1.165) is 58.0 Å². The van der Waals surface area contributed by atoms with Crippen LogP contribution < -0.4 is 15.0 Å². The van der Waals surface area contributed by atoms with Crippen LogP contribution in [-0.2, 0) is 4.74 Å². The van der Waals surface area contributed by atoms with E-state index in [-0.39, 0.29) is 0 Å². The number of benzene rings is 1. The maximum atomic E-state index is 5.86. The van der Waals surface area contributed by atoms with Crippen LogP contribution in [0.15, 0.2) is 18.2 Å². The van der Waals surface area contributed by atoms with Crippen LogP contribution in [0.25, 0.3) is 0 Å². The molecule has 1 saturated heterocycles. The van der Waals surface area contributed by atoms with Crippen LogP contribution in [0.4, 0.5) is 5.69 Å². The third-order valence-electron chi connectivity index (χ3n) is 3.86. The number of hydrogen-bond donors (Lipinski definition) is 1. The molecular weight excluding hydrogens is 264 g/mol. The van der Waals surface area contributed by atoms with Gasteiger partial charge in [-0.1, -0.05) is 0 Å². The van der Waals surface area contributed by atoms with Crippen molar-refractivity contribution in [3.05, 3.63) is 23.8 Å².